The van der Waals surface area contributed by atoms with E-state index in [4.69, 9.17) is 16.9 Å². The fourth-order valence-corrected chi connectivity index (χ4v) is 2.21. The lowest BCUT2D eigenvalue weighted by Gasteiger charge is -2.04. The third kappa shape index (κ3) is 3.23. The first-order valence-electron chi connectivity index (χ1n) is 6.79. The zero-order valence-electron chi connectivity index (χ0n) is 11.9. The molecule has 6 heteroatoms. The van der Waals surface area contributed by atoms with Gasteiger partial charge in [0.2, 0.25) is 0 Å². The summed E-state index contributed by atoms with van der Waals surface area (Å²) in [4.78, 5) is 12.3. The van der Waals surface area contributed by atoms with Crippen molar-refractivity contribution in [2.24, 2.45) is 0 Å². The summed E-state index contributed by atoms with van der Waals surface area (Å²) in [6, 6.07) is 17.7. The number of hydrogen-bond acceptors (Lipinski definition) is 3. The second kappa shape index (κ2) is 6.34. The number of halogens is 1. The van der Waals surface area contributed by atoms with Crippen LogP contribution in [0.2, 0.25) is 5.02 Å². The van der Waals surface area contributed by atoms with Crippen LogP contribution in [0, 0.1) is 11.3 Å². The number of hydrogen-bond donors (Lipinski definition) is 2. The van der Waals surface area contributed by atoms with E-state index in [9.17, 15) is 4.79 Å². The minimum atomic E-state index is -0.361. The van der Waals surface area contributed by atoms with E-state index in [1.54, 1.807) is 42.5 Å². The van der Waals surface area contributed by atoms with Crippen molar-refractivity contribution in [3.05, 3.63) is 70.9 Å². The number of para-hydroxylation sites is 1. The number of carbonyl (C=O) groups excluding carboxylic acids is 1. The summed E-state index contributed by atoms with van der Waals surface area (Å²) in [6.07, 6.45) is 0. The maximum Gasteiger partial charge on any atom is 0.273 e. The van der Waals surface area contributed by atoms with E-state index in [1.165, 1.54) is 0 Å². The van der Waals surface area contributed by atoms with Gasteiger partial charge in [-0.1, -0.05) is 35.9 Å². The van der Waals surface area contributed by atoms with Crippen LogP contribution in [-0.4, -0.2) is 16.1 Å². The lowest BCUT2D eigenvalue weighted by Crippen LogP contribution is -2.13. The fraction of sp³-hybridized carbons (Fsp3) is 0. The normalized spacial score (nSPS) is 10.1. The number of carbonyl (C=O) groups is 1. The predicted molar refractivity (Wildman–Crippen MR) is 88.1 cm³/mol. The van der Waals surface area contributed by atoms with Crippen LogP contribution in [0.4, 0.5) is 5.69 Å². The van der Waals surface area contributed by atoms with Crippen molar-refractivity contribution in [2.75, 3.05) is 5.32 Å². The average molecular weight is 323 g/mol. The number of amides is 1. The highest BCUT2D eigenvalue weighted by Gasteiger charge is 2.12. The summed E-state index contributed by atoms with van der Waals surface area (Å²) in [5.74, 6) is -0.361. The maximum absolute atomic E-state index is 12.3. The monoisotopic (exact) mass is 322 g/mol. The number of nitriles is 1. The van der Waals surface area contributed by atoms with Crippen LogP contribution in [-0.2, 0) is 0 Å². The summed E-state index contributed by atoms with van der Waals surface area (Å²) in [6.45, 7) is 0. The topological polar surface area (TPSA) is 81.6 Å². The Morgan fingerprint density at radius 2 is 1.91 bits per heavy atom. The molecule has 1 heterocycles. The van der Waals surface area contributed by atoms with Crippen LogP contribution in [0.1, 0.15) is 16.1 Å². The van der Waals surface area contributed by atoms with E-state index in [2.05, 4.69) is 15.5 Å². The predicted octanol–water partition coefficient (Wildman–Crippen LogP) is 3.85. The van der Waals surface area contributed by atoms with Gasteiger partial charge in [-0.2, -0.15) is 10.4 Å². The third-order valence-electron chi connectivity index (χ3n) is 3.26. The Labute approximate surface area is 137 Å². The quantitative estimate of drug-likeness (QED) is 0.768. The van der Waals surface area contributed by atoms with E-state index in [1.807, 2.05) is 18.2 Å². The molecule has 0 radical (unpaired) electrons. The first-order valence-corrected chi connectivity index (χ1v) is 7.17. The SMILES string of the molecule is N#Cc1ccccc1NC(=O)c1cc(-c2ccc(Cl)cc2)n[nH]1. The fourth-order valence-electron chi connectivity index (χ4n) is 2.09. The largest absolute Gasteiger partial charge is 0.319 e. The molecule has 112 valence electrons. The summed E-state index contributed by atoms with van der Waals surface area (Å²) in [7, 11) is 0. The molecular formula is C17H11ClN4O. The minimum absolute atomic E-state index is 0.308. The molecule has 0 atom stereocenters. The highest BCUT2D eigenvalue weighted by Crippen LogP contribution is 2.21. The first kappa shape index (κ1) is 14.8. The van der Waals surface area contributed by atoms with Gasteiger partial charge in [0.15, 0.2) is 0 Å². The molecule has 0 bridgehead atoms. The number of benzene rings is 2. The molecule has 0 aliphatic carbocycles. The van der Waals surface area contributed by atoms with Crippen molar-refractivity contribution in [1.82, 2.24) is 10.2 Å². The molecule has 1 amide bonds. The highest BCUT2D eigenvalue weighted by atomic mass is 35.5. The Morgan fingerprint density at radius 3 is 2.65 bits per heavy atom. The third-order valence-corrected chi connectivity index (χ3v) is 3.51. The lowest BCUT2D eigenvalue weighted by molar-refractivity contribution is 0.102. The van der Waals surface area contributed by atoms with Crippen LogP contribution in [0.5, 0.6) is 0 Å². The van der Waals surface area contributed by atoms with Gasteiger partial charge in [0.1, 0.15) is 11.8 Å². The number of H-pyrrole nitrogens is 1. The molecule has 0 saturated heterocycles. The zero-order valence-corrected chi connectivity index (χ0v) is 12.6. The van der Waals surface area contributed by atoms with E-state index >= 15 is 0 Å². The van der Waals surface area contributed by atoms with Gasteiger partial charge in [-0.15, -0.1) is 0 Å². The second-order valence-corrected chi connectivity index (χ2v) is 5.22. The number of nitrogens with one attached hydrogen (secondary N) is 2. The van der Waals surface area contributed by atoms with Crippen LogP contribution in [0.3, 0.4) is 0 Å². The van der Waals surface area contributed by atoms with Crippen molar-refractivity contribution >= 4 is 23.2 Å². The van der Waals surface area contributed by atoms with Crippen molar-refractivity contribution in [1.29, 1.82) is 5.26 Å². The van der Waals surface area contributed by atoms with E-state index in [0.29, 0.717) is 27.7 Å². The molecule has 0 spiro atoms. The Hall–Kier alpha value is -3.10. The lowest BCUT2D eigenvalue weighted by atomic mass is 10.1. The number of nitrogens with zero attached hydrogens (tertiary/aromatic N) is 2. The van der Waals surface area contributed by atoms with Crippen molar-refractivity contribution < 1.29 is 4.79 Å². The summed E-state index contributed by atoms with van der Waals surface area (Å²) in [5.41, 5.74) is 2.66. The molecule has 0 fully saturated rings. The van der Waals surface area contributed by atoms with Crippen molar-refractivity contribution in [3.8, 4) is 17.3 Å². The molecule has 1 aromatic heterocycles. The van der Waals surface area contributed by atoms with Crippen LogP contribution in [0.25, 0.3) is 11.3 Å². The molecule has 0 saturated carbocycles. The summed E-state index contributed by atoms with van der Waals surface area (Å²) in [5, 5.41) is 19.2. The molecule has 3 rings (SSSR count). The van der Waals surface area contributed by atoms with Crippen molar-refractivity contribution in [2.45, 2.75) is 0 Å². The van der Waals surface area contributed by atoms with Gasteiger partial charge in [-0.3, -0.25) is 9.89 Å². The van der Waals surface area contributed by atoms with Gasteiger partial charge in [-0.25, -0.2) is 0 Å². The number of aromatic nitrogens is 2. The van der Waals surface area contributed by atoms with Gasteiger partial charge in [-0.05, 0) is 30.3 Å². The molecule has 5 nitrogen and oxygen atoms in total. The number of aromatic amines is 1. The van der Waals surface area contributed by atoms with Gasteiger partial charge in [0.05, 0.1) is 16.9 Å². The van der Waals surface area contributed by atoms with Crippen LogP contribution < -0.4 is 5.32 Å². The average Bonchev–Trinajstić information content (AvgIpc) is 3.06. The minimum Gasteiger partial charge on any atom is -0.319 e. The van der Waals surface area contributed by atoms with Crippen molar-refractivity contribution in [3.63, 3.8) is 0 Å². The summed E-state index contributed by atoms with van der Waals surface area (Å²) < 4.78 is 0. The molecule has 0 aliphatic rings. The molecule has 2 aromatic carbocycles. The van der Waals surface area contributed by atoms with Gasteiger partial charge in [0, 0.05) is 10.6 Å². The molecule has 2 N–H and O–H groups in total. The second-order valence-electron chi connectivity index (χ2n) is 4.79. The number of anilines is 1. The molecule has 0 aliphatic heterocycles. The summed E-state index contributed by atoms with van der Waals surface area (Å²) >= 11 is 5.85. The van der Waals surface area contributed by atoms with E-state index in [0.717, 1.165) is 5.56 Å². The Bertz CT molecular complexity index is 893. The van der Waals surface area contributed by atoms with Gasteiger partial charge < -0.3 is 5.32 Å². The van der Waals surface area contributed by atoms with Gasteiger partial charge in [0.25, 0.3) is 5.91 Å². The van der Waals surface area contributed by atoms with Crippen LogP contribution in [0.15, 0.2) is 54.6 Å². The Kier molecular flexibility index (Phi) is 4.09. The van der Waals surface area contributed by atoms with Crippen LogP contribution >= 0.6 is 11.6 Å². The Morgan fingerprint density at radius 1 is 1.17 bits per heavy atom. The highest BCUT2D eigenvalue weighted by molar-refractivity contribution is 6.30. The standard InChI is InChI=1S/C17H11ClN4O/c18-13-7-5-11(6-8-13)15-9-16(22-21-15)17(23)20-14-4-2-1-3-12(14)10-19/h1-9H,(H,20,23)(H,21,22). The Balaban J connectivity index is 1.81. The first-order chi connectivity index (χ1) is 11.2. The van der Waals surface area contributed by atoms with E-state index < -0.39 is 0 Å². The van der Waals surface area contributed by atoms with E-state index in [-0.39, 0.29) is 5.91 Å². The molecular weight excluding hydrogens is 312 g/mol. The molecule has 23 heavy (non-hydrogen) atoms. The van der Waals surface area contributed by atoms with Gasteiger partial charge >= 0.3 is 0 Å². The zero-order chi connectivity index (χ0) is 16.2. The smallest absolute Gasteiger partial charge is 0.273 e. The molecule has 0 unspecified atom stereocenters. The maximum atomic E-state index is 12.3. The molecule has 3 aromatic rings. The number of rotatable bonds is 3.